The molecular weight excluding hydrogens is 124 g/mol. The fraction of sp³-hybridized carbons (Fsp3) is 1.00. The molecule has 0 aromatic rings. The number of piperazine rings is 3. The molecule has 3 heterocycles. The summed E-state index contributed by atoms with van der Waals surface area (Å²) < 4.78 is 0. The van der Waals surface area contributed by atoms with E-state index in [2.05, 4.69) is 11.8 Å². The van der Waals surface area contributed by atoms with Gasteiger partial charge >= 0.3 is 0 Å². The maximum atomic E-state index is 2.61. The average Bonchev–Trinajstić information content (AvgIpc) is 2.06. The summed E-state index contributed by atoms with van der Waals surface area (Å²) in [5.41, 5.74) is 0. The topological polar surface area (TPSA) is 7.68 Å². The maximum absolute atomic E-state index is 2.61. The summed E-state index contributed by atoms with van der Waals surface area (Å²) in [5, 5.41) is 0. The van der Waals surface area contributed by atoms with Crippen LogP contribution in [0, 0.1) is 0 Å². The normalized spacial score (nSPS) is 45.9. The minimum atomic E-state index is 0.961. The second-order valence-corrected chi connectivity index (χ2v) is 3.56. The van der Waals surface area contributed by atoms with Crippen LogP contribution in [0.25, 0.3) is 0 Å². The van der Waals surface area contributed by atoms with E-state index in [9.17, 15) is 0 Å². The van der Waals surface area contributed by atoms with Gasteiger partial charge in [-0.05, 0) is 6.42 Å². The maximum Gasteiger partial charge on any atom is 0.100 e. The van der Waals surface area contributed by atoms with Crippen molar-refractivity contribution in [2.45, 2.75) is 19.4 Å². The first-order valence-corrected chi connectivity index (χ1v) is 4.47. The number of rotatable bonds is 1. The molecule has 0 aliphatic carbocycles. The number of hydrogen-bond donors (Lipinski definition) is 1. The zero-order valence-electron chi connectivity index (χ0n) is 6.77. The van der Waals surface area contributed by atoms with Crippen molar-refractivity contribution in [1.82, 2.24) is 4.90 Å². The number of hydrogen-bond acceptors (Lipinski definition) is 1. The first-order chi connectivity index (χ1) is 4.90. The highest BCUT2D eigenvalue weighted by atomic mass is 15.3. The summed E-state index contributed by atoms with van der Waals surface area (Å²) in [7, 11) is 0. The first-order valence-electron chi connectivity index (χ1n) is 4.47. The number of quaternary nitrogens is 1. The Morgan fingerprint density at radius 1 is 1.40 bits per heavy atom. The molecule has 58 valence electrons. The average molecular weight is 141 g/mol. The molecule has 0 aromatic carbocycles. The highest BCUT2D eigenvalue weighted by molar-refractivity contribution is 4.72. The molecule has 3 rings (SSSR count). The fourth-order valence-electron chi connectivity index (χ4n) is 2.29. The quantitative estimate of drug-likeness (QED) is 0.491. The predicted octanol–water partition coefficient (Wildman–Crippen LogP) is -1.02. The van der Waals surface area contributed by atoms with Crippen molar-refractivity contribution in [2.75, 3.05) is 32.7 Å². The van der Waals surface area contributed by atoms with E-state index in [1.807, 2.05) is 4.90 Å². The molecule has 10 heavy (non-hydrogen) atoms. The monoisotopic (exact) mass is 141 g/mol. The molecule has 0 spiro atoms. The Morgan fingerprint density at radius 2 is 2.10 bits per heavy atom. The Labute approximate surface area is 62.8 Å². The van der Waals surface area contributed by atoms with Crippen LogP contribution in [0.1, 0.15) is 13.3 Å². The minimum Gasteiger partial charge on any atom is -0.329 e. The number of fused-ring (bicyclic) bond motifs is 3. The smallest absolute Gasteiger partial charge is 0.100 e. The van der Waals surface area contributed by atoms with Gasteiger partial charge in [-0.15, -0.1) is 0 Å². The summed E-state index contributed by atoms with van der Waals surface area (Å²) >= 11 is 0. The van der Waals surface area contributed by atoms with Crippen LogP contribution in [-0.4, -0.2) is 43.7 Å². The molecule has 0 amide bonds. The van der Waals surface area contributed by atoms with Gasteiger partial charge in [-0.1, -0.05) is 6.92 Å². The van der Waals surface area contributed by atoms with E-state index >= 15 is 0 Å². The molecule has 3 aliphatic rings. The van der Waals surface area contributed by atoms with Gasteiger partial charge in [0.15, 0.2) is 0 Å². The highest BCUT2D eigenvalue weighted by Gasteiger charge is 2.33. The summed E-state index contributed by atoms with van der Waals surface area (Å²) in [6.45, 7) is 9.19. The lowest BCUT2D eigenvalue weighted by atomic mass is 10.1. The summed E-state index contributed by atoms with van der Waals surface area (Å²) in [6.07, 6.45) is 1.37. The molecule has 3 aliphatic heterocycles. The zero-order valence-corrected chi connectivity index (χ0v) is 6.77. The van der Waals surface area contributed by atoms with E-state index in [-0.39, 0.29) is 0 Å². The molecule has 2 heteroatoms. The standard InChI is InChI=1S/C8H16N2/c1-2-8-7-9-3-5-10(8)6-4-9/h8H,2-7H2,1H3/p+1. The zero-order chi connectivity index (χ0) is 6.97. The highest BCUT2D eigenvalue weighted by Crippen LogP contribution is 2.01. The lowest BCUT2D eigenvalue weighted by Gasteiger charge is -2.44. The largest absolute Gasteiger partial charge is 0.329 e. The molecule has 1 unspecified atom stereocenters. The Morgan fingerprint density at radius 3 is 2.40 bits per heavy atom. The lowest BCUT2D eigenvalue weighted by molar-refractivity contribution is -0.940. The van der Waals surface area contributed by atoms with Gasteiger partial charge in [-0.3, -0.25) is 4.90 Å². The third-order valence-corrected chi connectivity index (χ3v) is 3.05. The van der Waals surface area contributed by atoms with Crippen LogP contribution in [0.3, 0.4) is 0 Å². The van der Waals surface area contributed by atoms with Crippen molar-refractivity contribution in [1.29, 1.82) is 0 Å². The predicted molar refractivity (Wildman–Crippen MR) is 41.2 cm³/mol. The Balaban J connectivity index is 2.01. The van der Waals surface area contributed by atoms with E-state index < -0.39 is 0 Å². The van der Waals surface area contributed by atoms with Crippen molar-refractivity contribution < 1.29 is 4.90 Å². The Kier molecular flexibility index (Phi) is 1.66. The minimum absolute atomic E-state index is 0.961. The summed E-state index contributed by atoms with van der Waals surface area (Å²) in [6, 6.07) is 0.961. The van der Waals surface area contributed by atoms with Crippen molar-refractivity contribution in [3.8, 4) is 0 Å². The second kappa shape index (κ2) is 2.51. The van der Waals surface area contributed by atoms with Crippen molar-refractivity contribution in [3.05, 3.63) is 0 Å². The van der Waals surface area contributed by atoms with Crippen molar-refractivity contribution in [2.24, 2.45) is 0 Å². The molecule has 3 fully saturated rings. The van der Waals surface area contributed by atoms with Gasteiger partial charge in [0.1, 0.15) is 6.04 Å². The Hall–Kier alpha value is -0.0800. The van der Waals surface area contributed by atoms with E-state index in [0.717, 1.165) is 6.04 Å². The third-order valence-electron chi connectivity index (χ3n) is 3.05. The van der Waals surface area contributed by atoms with Crippen molar-refractivity contribution >= 4 is 0 Å². The van der Waals surface area contributed by atoms with E-state index in [0.29, 0.717) is 0 Å². The number of nitrogens with zero attached hydrogens (tertiary/aromatic N) is 1. The molecule has 3 saturated heterocycles. The molecule has 2 bridgehead atoms. The van der Waals surface area contributed by atoms with Gasteiger partial charge in [0.05, 0.1) is 19.6 Å². The molecule has 1 N–H and O–H groups in total. The van der Waals surface area contributed by atoms with Crippen LogP contribution in [0.2, 0.25) is 0 Å². The fourth-order valence-corrected chi connectivity index (χ4v) is 2.29. The van der Waals surface area contributed by atoms with E-state index in [4.69, 9.17) is 0 Å². The molecule has 0 saturated carbocycles. The van der Waals surface area contributed by atoms with Crippen LogP contribution in [0.4, 0.5) is 0 Å². The molecule has 2 nitrogen and oxygen atoms in total. The summed E-state index contributed by atoms with van der Waals surface area (Å²) in [5.74, 6) is 0. The van der Waals surface area contributed by atoms with Gasteiger partial charge in [-0.25, -0.2) is 0 Å². The van der Waals surface area contributed by atoms with Gasteiger partial charge in [0, 0.05) is 13.1 Å². The third kappa shape index (κ3) is 0.956. The van der Waals surface area contributed by atoms with Crippen LogP contribution >= 0.6 is 0 Å². The molecular formula is C8H17N2+. The van der Waals surface area contributed by atoms with Crippen LogP contribution < -0.4 is 4.90 Å². The van der Waals surface area contributed by atoms with Crippen molar-refractivity contribution in [3.63, 3.8) is 0 Å². The van der Waals surface area contributed by atoms with E-state index in [1.165, 1.54) is 39.1 Å². The molecule has 0 radical (unpaired) electrons. The van der Waals surface area contributed by atoms with Gasteiger partial charge < -0.3 is 4.90 Å². The molecule has 1 atom stereocenters. The van der Waals surface area contributed by atoms with Gasteiger partial charge in [-0.2, -0.15) is 0 Å². The Bertz CT molecular complexity index is 116. The number of nitrogens with one attached hydrogen (secondary N) is 1. The second-order valence-electron chi connectivity index (χ2n) is 3.56. The van der Waals surface area contributed by atoms with E-state index in [1.54, 1.807) is 0 Å². The van der Waals surface area contributed by atoms with Crippen LogP contribution in [-0.2, 0) is 0 Å². The SMILES string of the molecule is CCC1CN2CC[NH+]1CC2. The van der Waals surface area contributed by atoms with Crippen LogP contribution in [0.15, 0.2) is 0 Å². The lowest BCUT2D eigenvalue weighted by Crippen LogP contribution is -3.21. The van der Waals surface area contributed by atoms with Gasteiger partial charge in [0.25, 0.3) is 0 Å². The van der Waals surface area contributed by atoms with Gasteiger partial charge in [0.2, 0.25) is 0 Å². The van der Waals surface area contributed by atoms with Crippen LogP contribution in [0.5, 0.6) is 0 Å². The summed E-state index contributed by atoms with van der Waals surface area (Å²) in [4.78, 5) is 4.48. The molecule has 0 aromatic heterocycles. The first kappa shape index (κ1) is 6.62.